The second kappa shape index (κ2) is 7.89. The highest BCUT2D eigenvalue weighted by Crippen LogP contribution is 2.37. The second-order valence-corrected chi connectivity index (χ2v) is 9.45. The molecule has 4 nitrogen and oxygen atoms in total. The Labute approximate surface area is 156 Å². The van der Waals surface area contributed by atoms with Crippen LogP contribution in [0, 0.1) is 11.8 Å². The van der Waals surface area contributed by atoms with E-state index in [-0.39, 0.29) is 11.8 Å². The molecule has 0 N–H and O–H groups in total. The predicted molar refractivity (Wildman–Crippen MR) is 101 cm³/mol. The van der Waals surface area contributed by atoms with Gasteiger partial charge >= 0.3 is 0 Å². The van der Waals surface area contributed by atoms with Crippen LogP contribution < -0.4 is 0 Å². The summed E-state index contributed by atoms with van der Waals surface area (Å²) < 4.78 is 0. The van der Waals surface area contributed by atoms with Crippen molar-refractivity contribution in [3.63, 3.8) is 0 Å². The molecular formula is C20H32N2O2S. The van der Waals surface area contributed by atoms with Crippen molar-refractivity contribution < 1.29 is 9.59 Å². The van der Waals surface area contributed by atoms with E-state index in [1.165, 1.54) is 76.0 Å². The Balaban J connectivity index is 1.22. The highest BCUT2D eigenvalue weighted by molar-refractivity contribution is 8.00. The van der Waals surface area contributed by atoms with Crippen molar-refractivity contribution in [2.75, 3.05) is 24.6 Å². The zero-order valence-corrected chi connectivity index (χ0v) is 16.1. The van der Waals surface area contributed by atoms with Crippen LogP contribution in [0.3, 0.4) is 0 Å². The summed E-state index contributed by atoms with van der Waals surface area (Å²) in [6.07, 6.45) is 12.6. The summed E-state index contributed by atoms with van der Waals surface area (Å²) in [5, 5.41) is 0. The minimum absolute atomic E-state index is 0.268. The van der Waals surface area contributed by atoms with Gasteiger partial charge in [0, 0.05) is 25.2 Å². The molecule has 0 spiro atoms. The smallest absolute Gasteiger partial charge is 0.232 e. The van der Waals surface area contributed by atoms with E-state index >= 15 is 0 Å². The summed E-state index contributed by atoms with van der Waals surface area (Å²) in [6, 6.07) is 0.998. The fourth-order valence-corrected chi connectivity index (χ4v) is 6.61. The van der Waals surface area contributed by atoms with E-state index in [4.69, 9.17) is 0 Å². The summed E-state index contributed by atoms with van der Waals surface area (Å²) in [5.74, 6) is 3.00. The molecule has 0 radical (unpaired) electrons. The highest BCUT2D eigenvalue weighted by Gasteiger charge is 2.39. The highest BCUT2D eigenvalue weighted by atomic mass is 32.2. The van der Waals surface area contributed by atoms with Gasteiger partial charge in [0.15, 0.2) is 0 Å². The zero-order valence-electron chi connectivity index (χ0n) is 15.3. The number of nitrogens with zero attached hydrogens (tertiary/aromatic N) is 2. The van der Waals surface area contributed by atoms with Crippen molar-refractivity contribution in [2.24, 2.45) is 11.8 Å². The molecule has 4 rings (SSSR count). The van der Waals surface area contributed by atoms with Gasteiger partial charge in [-0.1, -0.05) is 25.7 Å². The lowest BCUT2D eigenvalue weighted by Crippen LogP contribution is -2.41. The number of rotatable bonds is 4. The molecule has 0 aromatic carbocycles. The lowest BCUT2D eigenvalue weighted by molar-refractivity contribution is -0.130. The number of thioether (sulfide) groups is 1. The van der Waals surface area contributed by atoms with Crippen LogP contribution >= 0.6 is 11.8 Å². The topological polar surface area (TPSA) is 40.6 Å². The number of hydrogen-bond donors (Lipinski definition) is 0. The van der Waals surface area contributed by atoms with E-state index in [1.807, 2.05) is 0 Å². The Morgan fingerprint density at radius 3 is 1.60 bits per heavy atom. The number of carbonyl (C=O) groups excluding carboxylic acids is 2. The summed E-state index contributed by atoms with van der Waals surface area (Å²) in [5.41, 5.74) is 0. The maximum Gasteiger partial charge on any atom is 0.232 e. The van der Waals surface area contributed by atoms with Gasteiger partial charge in [-0.25, -0.2) is 0 Å². The zero-order chi connectivity index (χ0) is 17.2. The molecule has 0 unspecified atom stereocenters. The first-order valence-electron chi connectivity index (χ1n) is 10.4. The standard InChI is InChI=1S/C20H32N2O2S/c23-19(21-11-9-15-5-1-3-7-17(15)21)13-25-14-20(24)22-12-10-16-6-2-4-8-18(16)22/h15-18H,1-14H2/t15-,16+,17-,18-/m0/s1. The molecule has 140 valence electrons. The lowest BCUT2D eigenvalue weighted by Gasteiger charge is -2.32. The summed E-state index contributed by atoms with van der Waals surface area (Å²) in [6.45, 7) is 1.89. The van der Waals surface area contributed by atoms with Gasteiger partial charge in [-0.15, -0.1) is 11.8 Å². The Hall–Kier alpha value is -0.710. The monoisotopic (exact) mass is 364 g/mol. The normalized spacial score (nSPS) is 34.7. The molecule has 2 aliphatic heterocycles. The third kappa shape index (κ3) is 3.72. The number of carbonyl (C=O) groups is 2. The summed E-state index contributed by atoms with van der Waals surface area (Å²) >= 11 is 1.54. The Morgan fingerprint density at radius 2 is 1.12 bits per heavy atom. The molecule has 25 heavy (non-hydrogen) atoms. The van der Waals surface area contributed by atoms with Crippen molar-refractivity contribution >= 4 is 23.6 Å². The fourth-order valence-electron chi connectivity index (χ4n) is 5.82. The van der Waals surface area contributed by atoms with Gasteiger partial charge in [0.1, 0.15) is 0 Å². The van der Waals surface area contributed by atoms with Crippen molar-refractivity contribution in [3.8, 4) is 0 Å². The molecule has 2 heterocycles. The first-order chi connectivity index (χ1) is 12.2. The summed E-state index contributed by atoms with van der Waals surface area (Å²) in [4.78, 5) is 29.5. The quantitative estimate of drug-likeness (QED) is 0.768. The minimum atomic E-state index is 0.268. The maximum absolute atomic E-state index is 12.6. The first kappa shape index (κ1) is 17.7. The molecule has 2 saturated carbocycles. The summed E-state index contributed by atoms with van der Waals surface area (Å²) in [7, 11) is 0. The van der Waals surface area contributed by atoms with Crippen LogP contribution in [0.15, 0.2) is 0 Å². The van der Waals surface area contributed by atoms with E-state index in [0.717, 1.165) is 24.9 Å². The van der Waals surface area contributed by atoms with Crippen LogP contribution in [-0.2, 0) is 9.59 Å². The van der Waals surface area contributed by atoms with Crippen LogP contribution in [0.2, 0.25) is 0 Å². The van der Waals surface area contributed by atoms with E-state index in [1.54, 1.807) is 0 Å². The minimum Gasteiger partial charge on any atom is -0.339 e. The SMILES string of the molecule is O=C(CSCC(=O)N1CC[C@@H]2CCCC[C@@H]21)N1CC[C@H]2CCCC[C@@H]21. The molecule has 2 aliphatic carbocycles. The molecule has 0 aromatic rings. The Bertz CT molecular complexity index is 468. The molecule has 5 heteroatoms. The molecular weight excluding hydrogens is 332 g/mol. The van der Waals surface area contributed by atoms with E-state index in [2.05, 4.69) is 9.80 Å². The maximum atomic E-state index is 12.6. The second-order valence-electron chi connectivity index (χ2n) is 8.47. The van der Waals surface area contributed by atoms with Crippen molar-refractivity contribution in [3.05, 3.63) is 0 Å². The van der Waals surface area contributed by atoms with Crippen LogP contribution in [-0.4, -0.2) is 58.3 Å². The molecule has 2 saturated heterocycles. The molecule has 4 atom stereocenters. The van der Waals surface area contributed by atoms with Gasteiger partial charge in [0.25, 0.3) is 0 Å². The van der Waals surface area contributed by atoms with Crippen molar-refractivity contribution in [1.82, 2.24) is 9.80 Å². The average molecular weight is 365 g/mol. The molecule has 0 aromatic heterocycles. The first-order valence-corrected chi connectivity index (χ1v) is 11.6. The van der Waals surface area contributed by atoms with E-state index < -0.39 is 0 Å². The molecule has 2 amide bonds. The number of fused-ring (bicyclic) bond motifs is 2. The van der Waals surface area contributed by atoms with Gasteiger partial charge < -0.3 is 9.80 Å². The van der Waals surface area contributed by atoms with E-state index in [9.17, 15) is 9.59 Å². The van der Waals surface area contributed by atoms with Gasteiger partial charge in [0.2, 0.25) is 11.8 Å². The van der Waals surface area contributed by atoms with Gasteiger partial charge in [-0.05, 0) is 50.4 Å². The third-order valence-electron chi connectivity index (χ3n) is 7.11. The van der Waals surface area contributed by atoms with Crippen molar-refractivity contribution in [1.29, 1.82) is 0 Å². The van der Waals surface area contributed by atoms with Gasteiger partial charge in [-0.3, -0.25) is 9.59 Å². The predicted octanol–water partition coefficient (Wildman–Crippen LogP) is 3.30. The van der Waals surface area contributed by atoms with E-state index in [0.29, 0.717) is 23.6 Å². The third-order valence-corrected chi connectivity index (χ3v) is 8.01. The fraction of sp³-hybridized carbons (Fsp3) is 0.900. The van der Waals surface area contributed by atoms with Crippen molar-refractivity contribution in [2.45, 2.75) is 76.3 Å². The molecule has 4 aliphatic rings. The van der Waals surface area contributed by atoms with Crippen LogP contribution in [0.25, 0.3) is 0 Å². The Morgan fingerprint density at radius 1 is 0.680 bits per heavy atom. The van der Waals surface area contributed by atoms with Crippen LogP contribution in [0.5, 0.6) is 0 Å². The average Bonchev–Trinajstić information content (AvgIpc) is 3.26. The molecule has 0 bridgehead atoms. The van der Waals surface area contributed by atoms with Gasteiger partial charge in [-0.2, -0.15) is 0 Å². The Kier molecular flexibility index (Phi) is 5.59. The lowest BCUT2D eigenvalue weighted by atomic mass is 9.85. The largest absolute Gasteiger partial charge is 0.339 e. The van der Waals surface area contributed by atoms with Crippen LogP contribution in [0.1, 0.15) is 64.2 Å². The number of likely N-dealkylation sites (tertiary alicyclic amines) is 2. The number of amides is 2. The number of hydrogen-bond acceptors (Lipinski definition) is 3. The van der Waals surface area contributed by atoms with Gasteiger partial charge in [0.05, 0.1) is 11.5 Å². The molecule has 4 fully saturated rings. The van der Waals surface area contributed by atoms with Crippen LogP contribution in [0.4, 0.5) is 0 Å².